The van der Waals surface area contributed by atoms with Crippen molar-refractivity contribution in [3.05, 3.63) is 64.7 Å². The van der Waals surface area contributed by atoms with Crippen molar-refractivity contribution >= 4 is 28.7 Å². The number of ether oxygens (including phenoxy) is 1. The zero-order chi connectivity index (χ0) is 18.5. The summed E-state index contributed by atoms with van der Waals surface area (Å²) in [6.45, 7) is 3.36. The second-order valence-corrected chi connectivity index (χ2v) is 6.99. The van der Waals surface area contributed by atoms with Crippen LogP contribution in [0.2, 0.25) is 0 Å². The number of nitrogens with zero attached hydrogens (tertiary/aromatic N) is 4. The molecule has 27 heavy (non-hydrogen) atoms. The quantitative estimate of drug-likeness (QED) is 0.643. The van der Waals surface area contributed by atoms with Crippen LogP contribution in [-0.4, -0.2) is 36.3 Å². The van der Waals surface area contributed by atoms with E-state index in [0.29, 0.717) is 5.57 Å². The minimum atomic E-state index is 0.569. The minimum Gasteiger partial charge on any atom is -0.378 e. The van der Waals surface area contributed by atoms with E-state index >= 15 is 0 Å². The van der Waals surface area contributed by atoms with Crippen molar-refractivity contribution in [3.8, 4) is 17.3 Å². The maximum atomic E-state index is 9.60. The molecule has 0 unspecified atom stereocenters. The van der Waals surface area contributed by atoms with Crippen molar-refractivity contribution in [1.29, 1.82) is 5.26 Å². The number of pyridine rings is 1. The summed E-state index contributed by atoms with van der Waals surface area (Å²) in [6, 6.07) is 14.4. The van der Waals surface area contributed by atoms with Crippen LogP contribution in [0.5, 0.6) is 0 Å². The predicted octanol–water partition coefficient (Wildman–Crippen LogP) is 4.11. The van der Waals surface area contributed by atoms with Gasteiger partial charge in [0.1, 0.15) is 11.1 Å². The van der Waals surface area contributed by atoms with E-state index in [1.54, 1.807) is 12.4 Å². The molecular weight excluding hydrogens is 356 g/mol. The van der Waals surface area contributed by atoms with E-state index in [1.807, 2.05) is 35.7 Å². The Balaban J connectivity index is 1.55. The maximum Gasteiger partial charge on any atom is 0.134 e. The van der Waals surface area contributed by atoms with Crippen molar-refractivity contribution in [1.82, 2.24) is 9.97 Å². The average Bonchev–Trinajstić information content (AvgIpc) is 3.24. The molecule has 1 aliphatic rings. The van der Waals surface area contributed by atoms with E-state index in [1.165, 1.54) is 17.0 Å². The Hall–Kier alpha value is -3.01. The van der Waals surface area contributed by atoms with Gasteiger partial charge in [0.05, 0.1) is 24.5 Å². The lowest BCUT2D eigenvalue weighted by molar-refractivity contribution is 0.122. The van der Waals surface area contributed by atoms with Crippen molar-refractivity contribution < 1.29 is 4.74 Å². The number of allylic oxidation sites excluding steroid dienone is 1. The molecule has 3 aromatic rings. The molecule has 1 saturated heterocycles. The van der Waals surface area contributed by atoms with Crippen molar-refractivity contribution in [2.75, 3.05) is 31.2 Å². The monoisotopic (exact) mass is 374 g/mol. The second kappa shape index (κ2) is 8.12. The van der Waals surface area contributed by atoms with Gasteiger partial charge in [-0.3, -0.25) is 4.98 Å². The van der Waals surface area contributed by atoms with Gasteiger partial charge < -0.3 is 9.64 Å². The molecule has 0 saturated carbocycles. The number of benzene rings is 1. The highest BCUT2D eigenvalue weighted by Crippen LogP contribution is 2.27. The van der Waals surface area contributed by atoms with Gasteiger partial charge in [-0.05, 0) is 35.9 Å². The molecule has 4 rings (SSSR count). The third-order valence-electron chi connectivity index (χ3n) is 4.41. The fraction of sp³-hybridized carbons (Fsp3) is 0.190. The van der Waals surface area contributed by atoms with Crippen molar-refractivity contribution in [3.63, 3.8) is 0 Å². The third-order valence-corrected chi connectivity index (χ3v) is 5.29. The van der Waals surface area contributed by atoms with Crippen LogP contribution in [0.3, 0.4) is 0 Å². The van der Waals surface area contributed by atoms with E-state index < -0.39 is 0 Å². The molecule has 3 heterocycles. The Bertz CT molecular complexity index is 967. The first-order valence-electron chi connectivity index (χ1n) is 8.74. The summed E-state index contributed by atoms with van der Waals surface area (Å²) >= 11 is 1.48. The molecular formula is C21H18N4OS. The summed E-state index contributed by atoms with van der Waals surface area (Å²) < 4.78 is 5.40. The lowest BCUT2D eigenvalue weighted by atomic mass is 10.1. The number of nitriles is 1. The van der Waals surface area contributed by atoms with Crippen LogP contribution in [0.15, 0.2) is 54.2 Å². The Morgan fingerprint density at radius 3 is 2.56 bits per heavy atom. The Morgan fingerprint density at radius 1 is 1.11 bits per heavy atom. The molecule has 0 spiro atoms. The lowest BCUT2D eigenvalue weighted by Gasteiger charge is -2.28. The van der Waals surface area contributed by atoms with Gasteiger partial charge in [0, 0.05) is 42.1 Å². The van der Waals surface area contributed by atoms with Crippen LogP contribution >= 0.6 is 11.3 Å². The fourth-order valence-corrected chi connectivity index (χ4v) is 3.76. The van der Waals surface area contributed by atoms with Crippen LogP contribution < -0.4 is 4.90 Å². The van der Waals surface area contributed by atoms with E-state index in [9.17, 15) is 5.26 Å². The van der Waals surface area contributed by atoms with Gasteiger partial charge in [-0.1, -0.05) is 12.1 Å². The van der Waals surface area contributed by atoms with Crippen LogP contribution in [0.1, 0.15) is 10.6 Å². The highest BCUT2D eigenvalue weighted by Gasteiger charge is 2.12. The Morgan fingerprint density at radius 2 is 1.85 bits per heavy atom. The van der Waals surface area contributed by atoms with Gasteiger partial charge in [0.2, 0.25) is 0 Å². The number of anilines is 1. The van der Waals surface area contributed by atoms with Crippen molar-refractivity contribution in [2.45, 2.75) is 0 Å². The van der Waals surface area contributed by atoms with E-state index in [2.05, 4.69) is 33.1 Å². The zero-order valence-corrected chi connectivity index (χ0v) is 15.5. The number of hydrogen-bond acceptors (Lipinski definition) is 6. The molecule has 0 bridgehead atoms. The molecule has 0 aliphatic carbocycles. The van der Waals surface area contributed by atoms with Crippen LogP contribution in [0.4, 0.5) is 5.69 Å². The molecule has 1 aromatic carbocycles. The lowest BCUT2D eigenvalue weighted by Crippen LogP contribution is -2.36. The topological polar surface area (TPSA) is 62.0 Å². The molecule has 2 aromatic heterocycles. The summed E-state index contributed by atoms with van der Waals surface area (Å²) in [7, 11) is 0. The summed E-state index contributed by atoms with van der Waals surface area (Å²) in [5, 5.41) is 12.3. The average molecular weight is 374 g/mol. The third kappa shape index (κ3) is 4.05. The second-order valence-electron chi connectivity index (χ2n) is 6.13. The minimum absolute atomic E-state index is 0.569. The van der Waals surface area contributed by atoms with Gasteiger partial charge in [-0.2, -0.15) is 5.26 Å². The van der Waals surface area contributed by atoms with Crippen molar-refractivity contribution in [2.24, 2.45) is 0 Å². The number of aromatic nitrogens is 2. The SMILES string of the molecule is N#C/C(=C/c1ccc(N2CCOCC2)cc1)c1nc(-c2ccncc2)cs1. The highest BCUT2D eigenvalue weighted by atomic mass is 32.1. The van der Waals surface area contributed by atoms with E-state index in [4.69, 9.17) is 4.74 Å². The molecule has 6 heteroatoms. The number of thiazole rings is 1. The molecule has 0 radical (unpaired) electrons. The summed E-state index contributed by atoms with van der Waals surface area (Å²) in [5.74, 6) is 0. The molecule has 1 aliphatic heterocycles. The molecule has 0 amide bonds. The number of morpholine rings is 1. The number of rotatable bonds is 4. The summed E-state index contributed by atoms with van der Waals surface area (Å²) in [4.78, 5) is 11.0. The molecule has 0 atom stereocenters. The maximum absolute atomic E-state index is 9.60. The summed E-state index contributed by atoms with van der Waals surface area (Å²) in [6.07, 6.45) is 5.37. The first-order chi connectivity index (χ1) is 13.3. The van der Waals surface area contributed by atoms with Gasteiger partial charge in [0.25, 0.3) is 0 Å². The van der Waals surface area contributed by atoms with Crippen LogP contribution in [0.25, 0.3) is 22.9 Å². The van der Waals surface area contributed by atoms with E-state index in [0.717, 1.165) is 48.1 Å². The van der Waals surface area contributed by atoms with Gasteiger partial charge in [0.15, 0.2) is 0 Å². The zero-order valence-electron chi connectivity index (χ0n) is 14.7. The summed E-state index contributed by atoms with van der Waals surface area (Å²) in [5.41, 5.74) is 4.60. The fourth-order valence-electron chi connectivity index (χ4n) is 2.96. The first-order valence-corrected chi connectivity index (χ1v) is 9.62. The molecule has 1 fully saturated rings. The molecule has 0 N–H and O–H groups in total. The molecule has 134 valence electrons. The Labute approximate surface area is 162 Å². The number of hydrogen-bond donors (Lipinski definition) is 0. The predicted molar refractivity (Wildman–Crippen MR) is 108 cm³/mol. The normalized spacial score (nSPS) is 14.8. The smallest absolute Gasteiger partial charge is 0.134 e. The molecule has 5 nitrogen and oxygen atoms in total. The van der Waals surface area contributed by atoms with Crippen LogP contribution in [0, 0.1) is 11.3 Å². The largest absolute Gasteiger partial charge is 0.378 e. The van der Waals surface area contributed by atoms with E-state index in [-0.39, 0.29) is 0 Å². The first kappa shape index (κ1) is 17.4. The highest BCUT2D eigenvalue weighted by molar-refractivity contribution is 7.11. The van der Waals surface area contributed by atoms with Gasteiger partial charge >= 0.3 is 0 Å². The van der Waals surface area contributed by atoms with Gasteiger partial charge in [-0.15, -0.1) is 11.3 Å². The van der Waals surface area contributed by atoms with Gasteiger partial charge in [-0.25, -0.2) is 4.98 Å². The standard InChI is InChI=1S/C21H18N4OS/c22-14-18(21-24-20(15-27-21)17-5-7-23-8-6-17)13-16-1-3-19(4-2-16)25-9-11-26-12-10-25/h1-8,13,15H,9-12H2/b18-13-. The Kier molecular flexibility index (Phi) is 5.24. The van der Waals surface area contributed by atoms with Crippen LogP contribution in [-0.2, 0) is 4.74 Å².